The number of hydrogen-bond donors (Lipinski definition) is 1. The van der Waals surface area contributed by atoms with Crippen molar-refractivity contribution in [3.63, 3.8) is 0 Å². The van der Waals surface area contributed by atoms with Gasteiger partial charge in [-0.25, -0.2) is 0 Å². The Balaban J connectivity index is 1.85. The first-order chi connectivity index (χ1) is 9.88. The molecule has 5 heteroatoms. The summed E-state index contributed by atoms with van der Waals surface area (Å²) in [6, 6.07) is 0. The summed E-state index contributed by atoms with van der Waals surface area (Å²) in [7, 11) is 1.84. The second-order valence-electron chi connectivity index (χ2n) is 6.99. The van der Waals surface area contributed by atoms with Crippen LogP contribution in [0.1, 0.15) is 39.5 Å². The van der Waals surface area contributed by atoms with Gasteiger partial charge in [-0.3, -0.25) is 9.59 Å². The predicted octanol–water partition coefficient (Wildman–Crippen LogP) is 1.11. The minimum absolute atomic E-state index is 0.00644. The summed E-state index contributed by atoms with van der Waals surface area (Å²) in [5.74, 6) is 0.672. The Hall–Kier alpha value is -1.10. The van der Waals surface area contributed by atoms with E-state index in [0.717, 1.165) is 38.8 Å². The van der Waals surface area contributed by atoms with Crippen LogP contribution in [0.5, 0.6) is 0 Å². The van der Waals surface area contributed by atoms with Crippen molar-refractivity contribution < 1.29 is 14.7 Å². The highest BCUT2D eigenvalue weighted by molar-refractivity contribution is 5.82. The Morgan fingerprint density at radius 2 is 2.00 bits per heavy atom. The number of likely N-dealkylation sites (tertiary alicyclic amines) is 1. The van der Waals surface area contributed by atoms with Crippen LogP contribution in [-0.4, -0.2) is 59.5 Å². The van der Waals surface area contributed by atoms with E-state index >= 15 is 0 Å². The molecule has 2 aliphatic rings. The Morgan fingerprint density at radius 1 is 1.33 bits per heavy atom. The van der Waals surface area contributed by atoms with Gasteiger partial charge in [-0.2, -0.15) is 0 Å². The normalized spacial score (nSPS) is 29.2. The topological polar surface area (TPSA) is 60.9 Å². The van der Waals surface area contributed by atoms with Gasteiger partial charge in [0.1, 0.15) is 0 Å². The molecule has 1 unspecified atom stereocenters. The Bertz CT molecular complexity index is 391. The van der Waals surface area contributed by atoms with Crippen LogP contribution in [0.3, 0.4) is 0 Å². The molecule has 1 aliphatic carbocycles. The van der Waals surface area contributed by atoms with Crippen LogP contribution in [0.2, 0.25) is 0 Å². The van der Waals surface area contributed by atoms with E-state index in [1.54, 1.807) is 4.90 Å². The number of carbonyl (C=O) groups is 2. The number of piperidine rings is 1. The molecule has 0 spiro atoms. The van der Waals surface area contributed by atoms with Crippen molar-refractivity contribution >= 4 is 11.8 Å². The van der Waals surface area contributed by atoms with Gasteiger partial charge >= 0.3 is 0 Å². The van der Waals surface area contributed by atoms with E-state index in [0.29, 0.717) is 12.5 Å². The second kappa shape index (κ2) is 6.77. The summed E-state index contributed by atoms with van der Waals surface area (Å²) in [6.45, 7) is 5.88. The molecule has 2 fully saturated rings. The molecule has 0 aromatic carbocycles. The highest BCUT2D eigenvalue weighted by Crippen LogP contribution is 2.28. The van der Waals surface area contributed by atoms with Crippen LogP contribution >= 0.6 is 0 Å². The van der Waals surface area contributed by atoms with Crippen molar-refractivity contribution in [3.05, 3.63) is 0 Å². The maximum Gasteiger partial charge on any atom is 0.227 e. The lowest BCUT2D eigenvalue weighted by Gasteiger charge is -2.38. The van der Waals surface area contributed by atoms with Crippen LogP contribution in [0.15, 0.2) is 0 Å². The third-order valence-electron chi connectivity index (χ3n) is 4.70. The maximum absolute atomic E-state index is 12.5. The van der Waals surface area contributed by atoms with E-state index in [2.05, 4.69) is 0 Å². The molecule has 2 amide bonds. The molecular weight excluding hydrogens is 268 g/mol. The molecule has 0 radical (unpaired) electrons. The molecule has 21 heavy (non-hydrogen) atoms. The Kier molecular flexibility index (Phi) is 5.25. The van der Waals surface area contributed by atoms with Gasteiger partial charge in [0.2, 0.25) is 11.8 Å². The third kappa shape index (κ3) is 3.96. The molecule has 1 N–H and O–H groups in total. The van der Waals surface area contributed by atoms with Gasteiger partial charge < -0.3 is 14.9 Å². The van der Waals surface area contributed by atoms with Gasteiger partial charge in [0.25, 0.3) is 0 Å². The highest BCUT2D eigenvalue weighted by Gasteiger charge is 2.33. The van der Waals surface area contributed by atoms with Crippen LogP contribution in [0.4, 0.5) is 0 Å². The van der Waals surface area contributed by atoms with E-state index < -0.39 is 0 Å². The zero-order chi connectivity index (χ0) is 15.6. The minimum atomic E-state index is -0.174. The standard InChI is InChI=1S/C16H28N2O3/c1-11(2)15(20)18-6-4-5-13(10-18)16(21)17(3)9-12-7-14(19)8-12/h11-14,19H,4-10H2,1-3H3. The molecule has 0 aromatic rings. The van der Waals surface area contributed by atoms with E-state index in [9.17, 15) is 14.7 Å². The zero-order valence-electron chi connectivity index (χ0n) is 13.4. The lowest BCUT2D eigenvalue weighted by Crippen LogP contribution is -2.48. The number of hydrogen-bond acceptors (Lipinski definition) is 3. The molecular formula is C16H28N2O3. The van der Waals surface area contributed by atoms with Crippen LogP contribution in [0.25, 0.3) is 0 Å². The summed E-state index contributed by atoms with van der Waals surface area (Å²) < 4.78 is 0. The SMILES string of the molecule is CC(C)C(=O)N1CCCC(C(=O)N(C)CC2CC(O)C2)C1. The van der Waals surface area contributed by atoms with Gasteiger partial charge in [-0.05, 0) is 31.6 Å². The smallest absolute Gasteiger partial charge is 0.227 e. The molecule has 5 nitrogen and oxygen atoms in total. The summed E-state index contributed by atoms with van der Waals surface area (Å²) in [5.41, 5.74) is 0. The van der Waals surface area contributed by atoms with E-state index in [1.165, 1.54) is 0 Å². The minimum Gasteiger partial charge on any atom is -0.393 e. The Labute approximate surface area is 127 Å². The van der Waals surface area contributed by atoms with E-state index in [-0.39, 0.29) is 29.8 Å². The van der Waals surface area contributed by atoms with Gasteiger partial charge in [-0.1, -0.05) is 13.8 Å². The molecule has 0 aromatic heterocycles. The number of carbonyl (C=O) groups excluding carboxylic acids is 2. The lowest BCUT2D eigenvalue weighted by atomic mass is 9.82. The summed E-state index contributed by atoms with van der Waals surface area (Å²) in [4.78, 5) is 28.2. The fourth-order valence-corrected chi connectivity index (χ4v) is 3.38. The molecule has 0 bridgehead atoms. The van der Waals surface area contributed by atoms with Gasteiger partial charge in [0, 0.05) is 32.6 Å². The van der Waals surface area contributed by atoms with Crippen LogP contribution in [0, 0.1) is 17.8 Å². The molecule has 120 valence electrons. The Morgan fingerprint density at radius 3 is 2.57 bits per heavy atom. The number of rotatable bonds is 4. The highest BCUT2D eigenvalue weighted by atomic mass is 16.3. The van der Waals surface area contributed by atoms with Gasteiger partial charge in [0.05, 0.1) is 12.0 Å². The quantitative estimate of drug-likeness (QED) is 0.845. The average molecular weight is 296 g/mol. The molecule has 1 atom stereocenters. The first kappa shape index (κ1) is 16.3. The number of aliphatic hydroxyl groups excluding tert-OH is 1. The number of nitrogens with zero attached hydrogens (tertiary/aromatic N) is 2. The van der Waals surface area contributed by atoms with Crippen LogP contribution in [-0.2, 0) is 9.59 Å². The lowest BCUT2D eigenvalue weighted by molar-refractivity contribution is -0.142. The number of amides is 2. The molecule has 1 saturated carbocycles. The van der Waals surface area contributed by atoms with Crippen molar-refractivity contribution in [3.8, 4) is 0 Å². The monoisotopic (exact) mass is 296 g/mol. The second-order valence-corrected chi connectivity index (χ2v) is 6.99. The first-order valence-corrected chi connectivity index (χ1v) is 8.10. The van der Waals surface area contributed by atoms with Gasteiger partial charge in [-0.15, -0.1) is 0 Å². The van der Waals surface area contributed by atoms with Crippen molar-refractivity contribution in [2.45, 2.75) is 45.6 Å². The maximum atomic E-state index is 12.5. The predicted molar refractivity (Wildman–Crippen MR) is 80.5 cm³/mol. The third-order valence-corrected chi connectivity index (χ3v) is 4.70. The molecule has 1 aliphatic heterocycles. The largest absolute Gasteiger partial charge is 0.393 e. The van der Waals surface area contributed by atoms with Crippen molar-refractivity contribution in [1.82, 2.24) is 9.80 Å². The van der Waals surface area contributed by atoms with E-state index in [4.69, 9.17) is 0 Å². The van der Waals surface area contributed by atoms with Crippen molar-refractivity contribution in [2.75, 3.05) is 26.7 Å². The molecule has 1 saturated heterocycles. The van der Waals surface area contributed by atoms with Crippen molar-refractivity contribution in [1.29, 1.82) is 0 Å². The molecule has 2 rings (SSSR count). The van der Waals surface area contributed by atoms with Crippen LogP contribution < -0.4 is 0 Å². The van der Waals surface area contributed by atoms with Gasteiger partial charge in [0.15, 0.2) is 0 Å². The fourth-order valence-electron chi connectivity index (χ4n) is 3.38. The van der Waals surface area contributed by atoms with Crippen molar-refractivity contribution in [2.24, 2.45) is 17.8 Å². The zero-order valence-corrected chi connectivity index (χ0v) is 13.4. The van der Waals surface area contributed by atoms with E-state index in [1.807, 2.05) is 25.8 Å². The summed E-state index contributed by atoms with van der Waals surface area (Å²) in [6.07, 6.45) is 3.22. The first-order valence-electron chi connectivity index (χ1n) is 8.10. The fraction of sp³-hybridized carbons (Fsp3) is 0.875. The summed E-state index contributed by atoms with van der Waals surface area (Å²) in [5, 5.41) is 9.32. The number of aliphatic hydroxyl groups is 1. The molecule has 1 heterocycles. The average Bonchev–Trinajstić information content (AvgIpc) is 2.43. The summed E-state index contributed by atoms with van der Waals surface area (Å²) >= 11 is 0.